The van der Waals surface area contributed by atoms with Crippen molar-refractivity contribution in [2.45, 2.75) is 44.5 Å². The fourth-order valence-electron chi connectivity index (χ4n) is 5.20. The van der Waals surface area contributed by atoms with Gasteiger partial charge in [0.15, 0.2) is 11.5 Å². The smallest absolute Gasteiger partial charge is 0.228 e. The topological polar surface area (TPSA) is 52.6 Å². The van der Waals surface area contributed by atoms with Crippen LogP contribution < -0.4 is 0 Å². The molecule has 6 rings (SSSR count). The number of ketones is 2. The van der Waals surface area contributed by atoms with Crippen molar-refractivity contribution >= 4 is 22.3 Å². The quantitative estimate of drug-likeness (QED) is 0.555. The molecule has 2 atom stereocenters. The Morgan fingerprint density at radius 2 is 1.68 bits per heavy atom. The fourth-order valence-corrected chi connectivity index (χ4v) is 5.20. The first-order chi connectivity index (χ1) is 15.1. The molecule has 3 aromatic carbocycles. The molecule has 0 saturated carbocycles. The first-order valence-electron chi connectivity index (χ1n) is 10.9. The number of ether oxygens (including phenoxy) is 2. The number of benzene rings is 3. The zero-order chi connectivity index (χ0) is 21.2. The predicted molar refractivity (Wildman–Crippen MR) is 117 cm³/mol. The van der Waals surface area contributed by atoms with E-state index in [9.17, 15) is 9.59 Å². The number of hydrogen-bond donors (Lipinski definition) is 0. The largest absolute Gasteiger partial charge is 0.457 e. The number of carbonyl (C=O) groups excluding carboxylic acids is 2. The second-order valence-corrected chi connectivity index (χ2v) is 8.59. The van der Waals surface area contributed by atoms with E-state index in [2.05, 4.69) is 25.1 Å². The van der Waals surface area contributed by atoms with Gasteiger partial charge in [0.25, 0.3) is 0 Å². The van der Waals surface area contributed by atoms with Crippen LogP contribution in [0.15, 0.2) is 72.0 Å². The van der Waals surface area contributed by atoms with Gasteiger partial charge in [0.1, 0.15) is 6.10 Å². The van der Waals surface area contributed by atoms with Crippen molar-refractivity contribution in [1.29, 1.82) is 0 Å². The predicted octanol–water partition coefficient (Wildman–Crippen LogP) is 5.70. The molecule has 4 heteroatoms. The van der Waals surface area contributed by atoms with Crippen LogP contribution in [0.5, 0.6) is 0 Å². The molecule has 3 aromatic rings. The molecule has 3 aliphatic rings. The Labute approximate surface area is 180 Å². The number of allylic oxidation sites excluding steroid dienone is 1. The molecular weight excluding hydrogens is 388 g/mol. The molecule has 0 saturated heterocycles. The molecule has 0 N–H and O–H groups in total. The normalized spacial score (nSPS) is 23.8. The summed E-state index contributed by atoms with van der Waals surface area (Å²) in [7, 11) is 0. The number of Topliss-reactive ketones (excluding diaryl/α,β-unsaturated/α-hetero) is 2. The van der Waals surface area contributed by atoms with Gasteiger partial charge < -0.3 is 9.47 Å². The minimum absolute atomic E-state index is 0.176. The zero-order valence-electron chi connectivity index (χ0n) is 17.3. The maximum Gasteiger partial charge on any atom is 0.228 e. The van der Waals surface area contributed by atoms with Crippen LogP contribution in [0.1, 0.15) is 64.1 Å². The summed E-state index contributed by atoms with van der Waals surface area (Å²) in [5.41, 5.74) is 3.29. The van der Waals surface area contributed by atoms with E-state index in [0.717, 1.165) is 34.7 Å². The third-order valence-electron chi connectivity index (χ3n) is 6.71. The molecule has 0 unspecified atom stereocenters. The molecule has 154 valence electrons. The Kier molecular flexibility index (Phi) is 3.96. The highest BCUT2D eigenvalue weighted by atomic mass is 16.7. The Balaban J connectivity index is 1.60. The monoisotopic (exact) mass is 410 g/mol. The van der Waals surface area contributed by atoms with Gasteiger partial charge in [-0.05, 0) is 28.3 Å². The van der Waals surface area contributed by atoms with Crippen molar-refractivity contribution in [3.8, 4) is 0 Å². The molecule has 2 aliphatic heterocycles. The van der Waals surface area contributed by atoms with Crippen molar-refractivity contribution in [1.82, 2.24) is 0 Å². The van der Waals surface area contributed by atoms with Gasteiger partial charge in [-0.15, -0.1) is 0 Å². The summed E-state index contributed by atoms with van der Waals surface area (Å²) in [5.74, 6) is -1.16. The van der Waals surface area contributed by atoms with Gasteiger partial charge in [0.2, 0.25) is 11.6 Å². The molecule has 0 amide bonds. The van der Waals surface area contributed by atoms with Crippen molar-refractivity contribution in [2.24, 2.45) is 0 Å². The highest BCUT2D eigenvalue weighted by molar-refractivity contribution is 6.26. The maximum atomic E-state index is 13.5. The number of rotatable bonds is 3. The van der Waals surface area contributed by atoms with E-state index in [1.54, 1.807) is 24.3 Å². The number of carbonyl (C=O) groups is 2. The minimum Gasteiger partial charge on any atom is -0.457 e. The Hall–Kier alpha value is -3.24. The van der Waals surface area contributed by atoms with Gasteiger partial charge in [-0.1, -0.05) is 74.0 Å². The lowest BCUT2D eigenvalue weighted by molar-refractivity contribution is -0.258. The molecule has 0 aromatic heterocycles. The summed E-state index contributed by atoms with van der Waals surface area (Å²) in [5, 5.41) is 2.30. The van der Waals surface area contributed by atoms with E-state index in [4.69, 9.17) is 9.47 Å². The molecule has 0 fully saturated rings. The molecule has 0 radical (unpaired) electrons. The minimum atomic E-state index is -0.932. The van der Waals surface area contributed by atoms with E-state index >= 15 is 0 Å². The van der Waals surface area contributed by atoms with Crippen LogP contribution in [0.2, 0.25) is 0 Å². The van der Waals surface area contributed by atoms with Crippen molar-refractivity contribution in [2.75, 3.05) is 0 Å². The van der Waals surface area contributed by atoms with Crippen LogP contribution in [0.4, 0.5) is 0 Å². The van der Waals surface area contributed by atoms with Gasteiger partial charge in [-0.2, -0.15) is 0 Å². The SMILES string of the molecule is CCCC[C@]12Cc3c(ccc4ccccc34)[C@H](O1)C1=C(O2)C(=O)c2ccccc2C1=O. The van der Waals surface area contributed by atoms with Crippen molar-refractivity contribution < 1.29 is 19.1 Å². The Bertz CT molecular complexity index is 1300. The maximum absolute atomic E-state index is 13.5. The van der Waals surface area contributed by atoms with Crippen LogP contribution in [0.25, 0.3) is 10.8 Å². The van der Waals surface area contributed by atoms with Gasteiger partial charge in [-0.25, -0.2) is 0 Å². The first-order valence-corrected chi connectivity index (χ1v) is 10.9. The molecular formula is C27H22O4. The standard InChI is InChI=1S/C27H22O4/c1-2-3-14-27-15-21-17-9-5-4-8-16(17)12-13-20(21)25(30-27)22-23(28)18-10-6-7-11-19(18)24(29)26(22)31-27/h4-13,25H,2-3,14-15H2,1H3/t25-,27-/m0/s1. The molecule has 1 aliphatic carbocycles. The summed E-state index contributed by atoms with van der Waals surface area (Å²) in [6.45, 7) is 2.12. The Morgan fingerprint density at radius 3 is 2.48 bits per heavy atom. The lowest BCUT2D eigenvalue weighted by atomic mass is 9.77. The second-order valence-electron chi connectivity index (χ2n) is 8.59. The average Bonchev–Trinajstić information content (AvgIpc) is 2.81. The molecule has 2 heterocycles. The summed E-state index contributed by atoms with van der Waals surface area (Å²) in [6, 6.07) is 19.4. The number of fused-ring (bicyclic) bond motifs is 8. The molecule has 31 heavy (non-hydrogen) atoms. The molecule has 4 nitrogen and oxygen atoms in total. The second kappa shape index (κ2) is 6.63. The van der Waals surface area contributed by atoms with E-state index in [-0.39, 0.29) is 17.3 Å². The first kappa shape index (κ1) is 18.5. The lowest BCUT2D eigenvalue weighted by Gasteiger charge is -2.48. The van der Waals surface area contributed by atoms with Crippen LogP contribution in [-0.4, -0.2) is 17.4 Å². The highest BCUT2D eigenvalue weighted by Crippen LogP contribution is 2.52. The van der Waals surface area contributed by atoms with E-state index in [1.165, 1.54) is 0 Å². The Morgan fingerprint density at radius 1 is 0.935 bits per heavy atom. The molecule has 0 spiro atoms. The number of unbranched alkanes of at least 4 members (excludes halogenated alkanes) is 1. The summed E-state index contributed by atoms with van der Waals surface area (Å²) in [6.07, 6.45) is 2.53. The van der Waals surface area contributed by atoms with E-state index < -0.39 is 11.9 Å². The van der Waals surface area contributed by atoms with Gasteiger partial charge in [0, 0.05) is 24.0 Å². The average molecular weight is 410 g/mol. The van der Waals surface area contributed by atoms with Gasteiger partial charge >= 0.3 is 0 Å². The van der Waals surface area contributed by atoms with Crippen LogP contribution in [0, 0.1) is 0 Å². The number of hydrogen-bond acceptors (Lipinski definition) is 4. The summed E-state index contributed by atoms with van der Waals surface area (Å²) < 4.78 is 12.9. The lowest BCUT2D eigenvalue weighted by Crippen LogP contribution is -2.49. The summed E-state index contributed by atoms with van der Waals surface area (Å²) >= 11 is 0. The van der Waals surface area contributed by atoms with Gasteiger partial charge in [0.05, 0.1) is 5.57 Å². The van der Waals surface area contributed by atoms with Crippen LogP contribution in [0.3, 0.4) is 0 Å². The fraction of sp³-hybridized carbons (Fsp3) is 0.259. The van der Waals surface area contributed by atoms with Crippen molar-refractivity contribution in [3.05, 3.63) is 94.2 Å². The zero-order valence-corrected chi connectivity index (χ0v) is 17.3. The van der Waals surface area contributed by atoms with Crippen LogP contribution in [-0.2, 0) is 15.9 Å². The third kappa shape index (κ3) is 2.58. The van der Waals surface area contributed by atoms with E-state index in [0.29, 0.717) is 29.5 Å². The third-order valence-corrected chi connectivity index (χ3v) is 6.71. The highest BCUT2D eigenvalue weighted by Gasteiger charge is 2.53. The van der Waals surface area contributed by atoms with Crippen molar-refractivity contribution in [3.63, 3.8) is 0 Å². The van der Waals surface area contributed by atoms with E-state index in [1.807, 2.05) is 18.2 Å². The van der Waals surface area contributed by atoms with Crippen LogP contribution >= 0.6 is 0 Å². The van der Waals surface area contributed by atoms with Gasteiger partial charge in [-0.3, -0.25) is 9.59 Å². The summed E-state index contributed by atoms with van der Waals surface area (Å²) in [4.78, 5) is 26.9. The molecule has 2 bridgehead atoms.